The Labute approximate surface area is 111 Å². The molecule has 0 saturated carbocycles. The monoisotopic (exact) mass is 264 g/mol. The van der Waals surface area contributed by atoms with Gasteiger partial charge in [0.2, 0.25) is 0 Å². The molecule has 0 saturated heterocycles. The molecule has 18 heavy (non-hydrogen) atoms. The van der Waals surface area contributed by atoms with Crippen LogP contribution in [0.5, 0.6) is 0 Å². The highest BCUT2D eigenvalue weighted by atomic mass is 32.2. The number of nitrogens with zero attached hydrogens (tertiary/aromatic N) is 1. The molecule has 1 aromatic carbocycles. The summed E-state index contributed by atoms with van der Waals surface area (Å²) in [5, 5.41) is 21.3. The van der Waals surface area contributed by atoms with Crippen molar-refractivity contribution in [3.05, 3.63) is 23.8 Å². The van der Waals surface area contributed by atoms with Crippen LogP contribution in [0.2, 0.25) is 0 Å². The summed E-state index contributed by atoms with van der Waals surface area (Å²) in [7, 11) is 0. The number of aliphatic carboxylic acids is 1. The van der Waals surface area contributed by atoms with Crippen molar-refractivity contribution >= 4 is 23.4 Å². The van der Waals surface area contributed by atoms with Gasteiger partial charge in [0.05, 0.1) is 11.3 Å². The van der Waals surface area contributed by atoms with E-state index in [-0.39, 0.29) is 5.92 Å². The summed E-state index contributed by atoms with van der Waals surface area (Å²) in [6.45, 7) is 3.66. The molecular weight excluding hydrogens is 248 g/mol. The minimum absolute atomic E-state index is 0.0630. The van der Waals surface area contributed by atoms with Gasteiger partial charge in [-0.3, -0.25) is 0 Å². The number of carboxylic acids is 1. The van der Waals surface area contributed by atoms with E-state index < -0.39 is 12.0 Å². The van der Waals surface area contributed by atoms with Gasteiger partial charge >= 0.3 is 5.97 Å². The number of benzene rings is 1. The van der Waals surface area contributed by atoms with Gasteiger partial charge in [-0.25, -0.2) is 4.79 Å². The van der Waals surface area contributed by atoms with E-state index in [0.29, 0.717) is 11.3 Å². The maximum atomic E-state index is 11.1. The number of thioether (sulfide) groups is 1. The number of carboxylic acid groups (broad SMARTS) is 1. The predicted molar refractivity (Wildman–Crippen MR) is 72.8 cm³/mol. The Hall–Kier alpha value is -1.67. The van der Waals surface area contributed by atoms with E-state index in [4.69, 9.17) is 10.4 Å². The SMILES string of the molecule is CSc1cccc(NC(C(=O)O)C(C)C)c1C#N. The smallest absolute Gasteiger partial charge is 0.326 e. The molecule has 0 fully saturated rings. The maximum Gasteiger partial charge on any atom is 0.326 e. The molecule has 96 valence electrons. The predicted octanol–water partition coefficient (Wildman–Crippen LogP) is 2.80. The maximum absolute atomic E-state index is 11.1. The minimum atomic E-state index is -0.913. The number of hydrogen-bond acceptors (Lipinski definition) is 4. The first-order chi connectivity index (χ1) is 8.51. The van der Waals surface area contributed by atoms with Crippen LogP contribution in [0.4, 0.5) is 5.69 Å². The first kappa shape index (κ1) is 14.4. The van der Waals surface area contributed by atoms with Gasteiger partial charge in [0, 0.05) is 4.90 Å². The molecule has 1 unspecified atom stereocenters. The first-order valence-corrected chi connectivity index (χ1v) is 6.80. The second-order valence-corrected chi connectivity index (χ2v) is 5.05. The lowest BCUT2D eigenvalue weighted by molar-refractivity contribution is -0.138. The van der Waals surface area contributed by atoms with Gasteiger partial charge in [0.25, 0.3) is 0 Å². The third-order valence-corrected chi connectivity index (χ3v) is 3.38. The van der Waals surface area contributed by atoms with Crippen molar-refractivity contribution < 1.29 is 9.90 Å². The Morgan fingerprint density at radius 3 is 2.61 bits per heavy atom. The van der Waals surface area contributed by atoms with Crippen LogP contribution < -0.4 is 5.32 Å². The van der Waals surface area contributed by atoms with E-state index in [1.165, 1.54) is 11.8 Å². The zero-order chi connectivity index (χ0) is 13.7. The van der Waals surface area contributed by atoms with Crippen molar-refractivity contribution in [3.8, 4) is 6.07 Å². The van der Waals surface area contributed by atoms with Crippen LogP contribution in [0.3, 0.4) is 0 Å². The third kappa shape index (κ3) is 3.17. The summed E-state index contributed by atoms with van der Waals surface area (Å²) in [4.78, 5) is 12.0. The fourth-order valence-electron chi connectivity index (χ4n) is 1.62. The van der Waals surface area contributed by atoms with Gasteiger partial charge in [-0.15, -0.1) is 11.8 Å². The summed E-state index contributed by atoms with van der Waals surface area (Å²) < 4.78 is 0. The van der Waals surface area contributed by atoms with E-state index in [1.807, 2.05) is 32.2 Å². The molecule has 0 radical (unpaired) electrons. The Morgan fingerprint density at radius 2 is 2.17 bits per heavy atom. The second-order valence-electron chi connectivity index (χ2n) is 4.20. The van der Waals surface area contributed by atoms with E-state index in [1.54, 1.807) is 6.07 Å². The second kappa shape index (κ2) is 6.31. The number of hydrogen-bond donors (Lipinski definition) is 2. The molecule has 4 nitrogen and oxygen atoms in total. The molecule has 0 bridgehead atoms. The molecule has 0 aliphatic rings. The first-order valence-electron chi connectivity index (χ1n) is 5.57. The molecule has 5 heteroatoms. The summed E-state index contributed by atoms with van der Waals surface area (Å²) in [6, 6.07) is 6.82. The van der Waals surface area contributed by atoms with Crippen molar-refractivity contribution in [3.63, 3.8) is 0 Å². The number of nitriles is 1. The van der Waals surface area contributed by atoms with Crippen molar-refractivity contribution in [2.45, 2.75) is 24.8 Å². The van der Waals surface area contributed by atoms with Crippen molar-refractivity contribution in [2.75, 3.05) is 11.6 Å². The van der Waals surface area contributed by atoms with Crippen molar-refractivity contribution in [2.24, 2.45) is 5.92 Å². The van der Waals surface area contributed by atoms with Crippen LogP contribution in [0.1, 0.15) is 19.4 Å². The lowest BCUT2D eigenvalue weighted by atomic mass is 10.0. The van der Waals surface area contributed by atoms with E-state index in [0.717, 1.165) is 4.90 Å². The van der Waals surface area contributed by atoms with Gasteiger partial charge in [-0.05, 0) is 24.3 Å². The Bertz CT molecular complexity index is 480. The van der Waals surface area contributed by atoms with Crippen LogP contribution in [-0.4, -0.2) is 23.4 Å². The van der Waals surface area contributed by atoms with Crippen molar-refractivity contribution in [1.29, 1.82) is 5.26 Å². The van der Waals surface area contributed by atoms with Crippen molar-refractivity contribution in [1.82, 2.24) is 0 Å². The third-order valence-electron chi connectivity index (χ3n) is 2.60. The molecule has 0 amide bonds. The van der Waals surface area contributed by atoms with Crippen LogP contribution in [0, 0.1) is 17.2 Å². The molecule has 0 aliphatic heterocycles. The number of anilines is 1. The average Bonchev–Trinajstić information content (AvgIpc) is 2.34. The highest BCUT2D eigenvalue weighted by Crippen LogP contribution is 2.27. The molecule has 0 aromatic heterocycles. The molecule has 0 spiro atoms. The van der Waals surface area contributed by atoms with Crippen LogP contribution >= 0.6 is 11.8 Å². The van der Waals surface area contributed by atoms with Crippen LogP contribution in [0.15, 0.2) is 23.1 Å². The summed E-state index contributed by atoms with van der Waals surface area (Å²) in [5.74, 6) is -0.976. The normalized spacial score (nSPS) is 11.9. The molecule has 0 heterocycles. The van der Waals surface area contributed by atoms with Gasteiger partial charge < -0.3 is 10.4 Å². The minimum Gasteiger partial charge on any atom is -0.480 e. The Balaban J connectivity index is 3.11. The summed E-state index contributed by atoms with van der Waals surface area (Å²) >= 11 is 1.47. The van der Waals surface area contributed by atoms with E-state index in [9.17, 15) is 4.79 Å². The van der Waals surface area contributed by atoms with E-state index in [2.05, 4.69) is 11.4 Å². The van der Waals surface area contributed by atoms with E-state index >= 15 is 0 Å². The Morgan fingerprint density at radius 1 is 1.50 bits per heavy atom. The largest absolute Gasteiger partial charge is 0.480 e. The lowest BCUT2D eigenvalue weighted by Gasteiger charge is -2.20. The summed E-state index contributed by atoms with van der Waals surface area (Å²) in [5.41, 5.74) is 1.07. The van der Waals surface area contributed by atoms with Gasteiger partial charge in [0.15, 0.2) is 0 Å². The summed E-state index contributed by atoms with van der Waals surface area (Å²) in [6.07, 6.45) is 1.89. The van der Waals surface area contributed by atoms with Gasteiger partial charge in [0.1, 0.15) is 12.1 Å². The topological polar surface area (TPSA) is 73.1 Å². The van der Waals surface area contributed by atoms with Crippen LogP contribution in [0.25, 0.3) is 0 Å². The average molecular weight is 264 g/mol. The number of nitrogens with one attached hydrogen (secondary N) is 1. The lowest BCUT2D eigenvalue weighted by Crippen LogP contribution is -2.34. The van der Waals surface area contributed by atoms with Gasteiger partial charge in [-0.1, -0.05) is 19.9 Å². The molecule has 1 aromatic rings. The highest BCUT2D eigenvalue weighted by molar-refractivity contribution is 7.98. The fourth-order valence-corrected chi connectivity index (χ4v) is 2.19. The number of carbonyl (C=O) groups is 1. The highest BCUT2D eigenvalue weighted by Gasteiger charge is 2.22. The molecule has 0 aliphatic carbocycles. The molecule has 2 N–H and O–H groups in total. The molecular formula is C13H16N2O2S. The van der Waals surface area contributed by atoms with Crippen LogP contribution in [-0.2, 0) is 4.79 Å². The quantitative estimate of drug-likeness (QED) is 0.800. The zero-order valence-corrected chi connectivity index (χ0v) is 11.4. The van der Waals surface area contributed by atoms with Gasteiger partial charge in [-0.2, -0.15) is 5.26 Å². The fraction of sp³-hybridized carbons (Fsp3) is 0.385. The zero-order valence-electron chi connectivity index (χ0n) is 10.6. The standard InChI is InChI=1S/C13H16N2O2S/c1-8(2)12(13(16)17)15-10-5-4-6-11(18-3)9(10)7-14/h4-6,8,12,15H,1-3H3,(H,16,17). The number of rotatable bonds is 5. The molecule has 1 atom stereocenters. The molecule has 1 rings (SSSR count). The Kier molecular flexibility index (Phi) is 5.05.